The molecule has 0 aromatic heterocycles. The predicted molar refractivity (Wildman–Crippen MR) is 67.7 cm³/mol. The molecule has 94 valence electrons. The van der Waals surface area contributed by atoms with Gasteiger partial charge in [-0.3, -0.25) is 0 Å². The topological polar surface area (TPSA) is 83.5 Å². The summed E-state index contributed by atoms with van der Waals surface area (Å²) in [6.45, 7) is -0.0891. The van der Waals surface area contributed by atoms with Crippen LogP contribution in [0.2, 0.25) is 0 Å². The van der Waals surface area contributed by atoms with Crippen LogP contribution in [0.15, 0.2) is 28.7 Å². The Morgan fingerprint density at radius 3 is 2.41 bits per heavy atom. The van der Waals surface area contributed by atoms with Crippen molar-refractivity contribution in [2.24, 2.45) is 0 Å². The maximum absolute atomic E-state index is 11.6. The molecule has 0 bridgehead atoms. The lowest BCUT2D eigenvalue weighted by atomic mass is 10.2. The molecule has 0 fully saturated rings. The number of hydrogen-bond donors (Lipinski definition) is 2. The smallest absolute Gasteiger partial charge is 0.404 e. The first-order chi connectivity index (χ1) is 7.89. The van der Waals surface area contributed by atoms with Gasteiger partial charge in [0.1, 0.15) is 0 Å². The van der Waals surface area contributed by atoms with Crippen molar-refractivity contribution in [1.29, 1.82) is 0 Å². The second-order valence-electron chi connectivity index (χ2n) is 3.45. The normalized spacial score (nSPS) is 11.1. The minimum Gasteiger partial charge on any atom is -0.465 e. The van der Waals surface area contributed by atoms with Crippen LogP contribution in [0.5, 0.6) is 0 Å². The number of benzene rings is 1. The fraction of sp³-hybridized carbons (Fsp3) is 0.300. The minimum absolute atomic E-state index is 0.0818. The third kappa shape index (κ3) is 5.69. The lowest BCUT2D eigenvalue weighted by Gasteiger charge is -2.04. The van der Waals surface area contributed by atoms with E-state index in [9.17, 15) is 13.2 Å². The molecule has 5 nitrogen and oxygen atoms in total. The van der Waals surface area contributed by atoms with E-state index in [-0.39, 0.29) is 18.1 Å². The van der Waals surface area contributed by atoms with E-state index in [2.05, 4.69) is 15.9 Å². The Kier molecular flexibility index (Phi) is 4.95. The van der Waals surface area contributed by atoms with Gasteiger partial charge in [-0.25, -0.2) is 13.2 Å². The summed E-state index contributed by atoms with van der Waals surface area (Å²) in [6, 6.07) is 6.96. The van der Waals surface area contributed by atoms with Gasteiger partial charge in [-0.2, -0.15) is 0 Å². The maximum Gasteiger partial charge on any atom is 0.404 e. The molecule has 0 radical (unpaired) electrons. The second-order valence-corrected chi connectivity index (χ2v) is 6.55. The number of sulfone groups is 1. The van der Waals surface area contributed by atoms with E-state index in [1.165, 1.54) is 0 Å². The summed E-state index contributed by atoms with van der Waals surface area (Å²) in [4.78, 5) is 10.2. The number of carboxylic acid groups (broad SMARTS) is 1. The van der Waals surface area contributed by atoms with E-state index in [0.717, 1.165) is 4.47 Å². The van der Waals surface area contributed by atoms with Crippen molar-refractivity contribution in [3.05, 3.63) is 34.3 Å². The SMILES string of the molecule is O=C(O)NCCS(=O)(=O)Cc1ccc(Br)cc1. The van der Waals surface area contributed by atoms with Crippen molar-refractivity contribution >= 4 is 31.9 Å². The molecule has 1 aromatic carbocycles. The van der Waals surface area contributed by atoms with Gasteiger partial charge >= 0.3 is 6.09 Å². The molecule has 0 aliphatic rings. The van der Waals surface area contributed by atoms with Crippen molar-refractivity contribution in [3.63, 3.8) is 0 Å². The number of rotatable bonds is 5. The lowest BCUT2D eigenvalue weighted by molar-refractivity contribution is 0.195. The third-order valence-corrected chi connectivity index (χ3v) is 4.12. The average molecular weight is 322 g/mol. The van der Waals surface area contributed by atoms with Gasteiger partial charge in [-0.15, -0.1) is 0 Å². The number of hydrogen-bond acceptors (Lipinski definition) is 3. The number of carbonyl (C=O) groups is 1. The molecule has 0 saturated heterocycles. The summed E-state index contributed by atoms with van der Waals surface area (Å²) in [5.41, 5.74) is 0.684. The van der Waals surface area contributed by atoms with Gasteiger partial charge in [0.05, 0.1) is 11.5 Å². The lowest BCUT2D eigenvalue weighted by Crippen LogP contribution is -2.27. The Morgan fingerprint density at radius 2 is 1.88 bits per heavy atom. The van der Waals surface area contributed by atoms with Crippen LogP contribution in [0.3, 0.4) is 0 Å². The molecule has 0 unspecified atom stereocenters. The Morgan fingerprint density at radius 1 is 1.29 bits per heavy atom. The van der Waals surface area contributed by atoms with Crippen LogP contribution in [-0.2, 0) is 15.6 Å². The summed E-state index contributed by atoms with van der Waals surface area (Å²) >= 11 is 3.26. The highest BCUT2D eigenvalue weighted by molar-refractivity contribution is 9.10. The van der Waals surface area contributed by atoms with Crippen LogP contribution in [0.25, 0.3) is 0 Å². The van der Waals surface area contributed by atoms with Gasteiger partial charge in [-0.05, 0) is 17.7 Å². The number of nitrogens with one attached hydrogen (secondary N) is 1. The number of amides is 1. The maximum atomic E-state index is 11.6. The van der Waals surface area contributed by atoms with Gasteiger partial charge in [0.2, 0.25) is 0 Å². The molecule has 2 N–H and O–H groups in total. The molecular weight excluding hydrogens is 310 g/mol. The molecule has 0 spiro atoms. The first-order valence-electron chi connectivity index (χ1n) is 4.81. The number of halogens is 1. The first-order valence-corrected chi connectivity index (χ1v) is 7.42. The van der Waals surface area contributed by atoms with E-state index in [1.807, 2.05) is 5.32 Å². The van der Waals surface area contributed by atoms with Crippen molar-refractivity contribution in [1.82, 2.24) is 5.32 Å². The molecule has 1 aromatic rings. The summed E-state index contributed by atoms with van der Waals surface area (Å²) in [7, 11) is -3.28. The van der Waals surface area contributed by atoms with Gasteiger partial charge < -0.3 is 10.4 Å². The van der Waals surface area contributed by atoms with E-state index >= 15 is 0 Å². The molecule has 0 saturated carbocycles. The minimum atomic E-state index is -3.28. The molecule has 1 amide bonds. The van der Waals surface area contributed by atoms with Crippen LogP contribution >= 0.6 is 15.9 Å². The Balaban J connectivity index is 2.54. The quantitative estimate of drug-likeness (QED) is 0.863. The molecule has 1 rings (SSSR count). The monoisotopic (exact) mass is 321 g/mol. The first kappa shape index (κ1) is 14.0. The fourth-order valence-corrected chi connectivity index (χ4v) is 2.74. The highest BCUT2D eigenvalue weighted by atomic mass is 79.9. The van der Waals surface area contributed by atoms with Crippen LogP contribution < -0.4 is 5.32 Å². The second kappa shape index (κ2) is 6.02. The predicted octanol–water partition coefficient (Wildman–Crippen LogP) is 1.63. The zero-order chi connectivity index (χ0) is 12.9. The Hall–Kier alpha value is -1.08. The summed E-state index contributed by atoms with van der Waals surface area (Å²) in [5, 5.41) is 10.3. The van der Waals surface area contributed by atoms with Crippen LogP contribution in [0.4, 0.5) is 4.79 Å². The zero-order valence-electron chi connectivity index (χ0n) is 8.89. The van der Waals surface area contributed by atoms with E-state index in [4.69, 9.17) is 5.11 Å². The van der Waals surface area contributed by atoms with E-state index in [0.29, 0.717) is 5.56 Å². The molecule has 0 atom stereocenters. The molecule has 7 heteroatoms. The summed E-state index contributed by atoms with van der Waals surface area (Å²) < 4.78 is 24.1. The Labute approximate surface area is 108 Å². The van der Waals surface area contributed by atoms with Crippen molar-refractivity contribution in [2.45, 2.75) is 5.75 Å². The molecule has 0 heterocycles. The van der Waals surface area contributed by atoms with Crippen LogP contribution in [0, 0.1) is 0 Å². The van der Waals surface area contributed by atoms with Gasteiger partial charge in [0.25, 0.3) is 0 Å². The Bertz CT molecular complexity index is 484. The molecular formula is C10H12BrNO4S. The third-order valence-electron chi connectivity index (χ3n) is 1.99. The van der Waals surface area contributed by atoms with E-state index in [1.54, 1.807) is 24.3 Å². The van der Waals surface area contributed by atoms with Crippen molar-refractivity contribution < 1.29 is 18.3 Å². The van der Waals surface area contributed by atoms with Gasteiger partial charge in [0.15, 0.2) is 9.84 Å². The average Bonchev–Trinajstić information content (AvgIpc) is 2.20. The fourth-order valence-electron chi connectivity index (χ4n) is 1.22. The van der Waals surface area contributed by atoms with Crippen LogP contribution in [0.1, 0.15) is 5.56 Å². The van der Waals surface area contributed by atoms with E-state index < -0.39 is 15.9 Å². The molecule has 17 heavy (non-hydrogen) atoms. The molecule has 0 aliphatic heterocycles. The van der Waals surface area contributed by atoms with Crippen LogP contribution in [-0.4, -0.2) is 31.9 Å². The van der Waals surface area contributed by atoms with Gasteiger partial charge in [-0.1, -0.05) is 28.1 Å². The zero-order valence-corrected chi connectivity index (χ0v) is 11.3. The largest absolute Gasteiger partial charge is 0.465 e. The highest BCUT2D eigenvalue weighted by Crippen LogP contribution is 2.12. The standard InChI is InChI=1S/C10H12BrNO4S/c11-9-3-1-8(2-4-9)7-17(15,16)6-5-12-10(13)14/h1-4,12H,5-7H2,(H,13,14). The molecule has 0 aliphatic carbocycles. The summed E-state index contributed by atoms with van der Waals surface area (Å²) in [5.74, 6) is -0.281. The van der Waals surface area contributed by atoms with Crippen molar-refractivity contribution in [2.75, 3.05) is 12.3 Å². The highest BCUT2D eigenvalue weighted by Gasteiger charge is 2.12. The van der Waals surface area contributed by atoms with Crippen molar-refractivity contribution in [3.8, 4) is 0 Å². The summed E-state index contributed by atoms with van der Waals surface area (Å²) in [6.07, 6.45) is -1.22. The van der Waals surface area contributed by atoms with Gasteiger partial charge in [0, 0.05) is 11.0 Å².